The van der Waals surface area contributed by atoms with Crippen LogP contribution < -0.4 is 4.90 Å². The monoisotopic (exact) mass is 282 g/mol. The van der Waals surface area contributed by atoms with E-state index in [4.69, 9.17) is 0 Å². The fourth-order valence-electron chi connectivity index (χ4n) is 2.07. The van der Waals surface area contributed by atoms with Crippen LogP contribution >= 0.6 is 15.9 Å². The molecule has 0 saturated carbocycles. The number of benzene rings is 1. The van der Waals surface area contributed by atoms with Gasteiger partial charge in [0.15, 0.2) is 0 Å². The van der Waals surface area contributed by atoms with Crippen LogP contribution in [0, 0.1) is 0 Å². The SMILES string of the molecule is CCc1ccc(N2CCN(C)CC2)c(Br)c1. The Hall–Kier alpha value is -0.540. The van der Waals surface area contributed by atoms with Crippen molar-refractivity contribution in [1.82, 2.24) is 4.90 Å². The first-order chi connectivity index (χ1) is 7.70. The lowest BCUT2D eigenvalue weighted by Gasteiger charge is -2.34. The number of aryl methyl sites for hydroxylation is 1. The van der Waals surface area contributed by atoms with Gasteiger partial charge in [0.1, 0.15) is 0 Å². The smallest absolute Gasteiger partial charge is 0.0511 e. The molecular weight excluding hydrogens is 264 g/mol. The Kier molecular flexibility index (Phi) is 3.87. The molecule has 0 amide bonds. The number of nitrogens with zero attached hydrogens (tertiary/aromatic N) is 2. The van der Waals surface area contributed by atoms with Crippen LogP contribution in [0.1, 0.15) is 12.5 Å². The van der Waals surface area contributed by atoms with E-state index in [2.05, 4.69) is 57.9 Å². The standard InChI is InChI=1S/C13H19BrN2/c1-3-11-4-5-13(12(14)10-11)16-8-6-15(2)7-9-16/h4-5,10H,3,6-9H2,1-2H3. The Labute approximate surface area is 106 Å². The van der Waals surface area contributed by atoms with Crippen LogP contribution in [0.2, 0.25) is 0 Å². The molecule has 1 fully saturated rings. The minimum Gasteiger partial charge on any atom is -0.368 e. The van der Waals surface area contributed by atoms with E-state index in [-0.39, 0.29) is 0 Å². The highest BCUT2D eigenvalue weighted by Gasteiger charge is 2.16. The summed E-state index contributed by atoms with van der Waals surface area (Å²) in [5.41, 5.74) is 2.73. The molecule has 0 aliphatic carbocycles. The van der Waals surface area contributed by atoms with Crippen LogP contribution in [0.4, 0.5) is 5.69 Å². The maximum absolute atomic E-state index is 3.68. The van der Waals surface area contributed by atoms with Crippen molar-refractivity contribution in [3.05, 3.63) is 28.2 Å². The predicted molar refractivity (Wildman–Crippen MR) is 73.2 cm³/mol. The average molecular weight is 283 g/mol. The fraction of sp³-hybridized carbons (Fsp3) is 0.538. The van der Waals surface area contributed by atoms with Gasteiger partial charge in [-0.15, -0.1) is 0 Å². The molecule has 88 valence electrons. The van der Waals surface area contributed by atoms with Crippen molar-refractivity contribution in [2.24, 2.45) is 0 Å². The van der Waals surface area contributed by atoms with Crippen molar-refractivity contribution in [3.8, 4) is 0 Å². The molecule has 0 aromatic heterocycles. The van der Waals surface area contributed by atoms with Gasteiger partial charge in [-0.05, 0) is 47.1 Å². The van der Waals surface area contributed by atoms with Crippen LogP contribution in [-0.4, -0.2) is 38.1 Å². The minimum atomic E-state index is 1.10. The number of rotatable bonds is 2. The number of likely N-dealkylation sites (N-methyl/N-ethyl adjacent to an activating group) is 1. The van der Waals surface area contributed by atoms with E-state index in [0.29, 0.717) is 0 Å². The molecule has 1 aliphatic heterocycles. The third-order valence-electron chi connectivity index (χ3n) is 3.26. The molecule has 1 aliphatic rings. The molecule has 0 bridgehead atoms. The van der Waals surface area contributed by atoms with Crippen molar-refractivity contribution in [2.45, 2.75) is 13.3 Å². The van der Waals surface area contributed by atoms with Crippen molar-refractivity contribution in [2.75, 3.05) is 38.1 Å². The van der Waals surface area contributed by atoms with Crippen LogP contribution in [0.3, 0.4) is 0 Å². The first kappa shape index (κ1) is 11.9. The third kappa shape index (κ3) is 2.58. The molecule has 2 nitrogen and oxygen atoms in total. The fourth-order valence-corrected chi connectivity index (χ4v) is 2.75. The summed E-state index contributed by atoms with van der Waals surface area (Å²) in [6.45, 7) is 6.75. The Morgan fingerprint density at radius 1 is 1.19 bits per heavy atom. The highest BCUT2D eigenvalue weighted by Crippen LogP contribution is 2.28. The van der Waals surface area contributed by atoms with Crippen LogP contribution in [0.15, 0.2) is 22.7 Å². The van der Waals surface area contributed by atoms with E-state index >= 15 is 0 Å². The molecular formula is C13H19BrN2. The van der Waals surface area contributed by atoms with Gasteiger partial charge in [0.25, 0.3) is 0 Å². The first-order valence-electron chi connectivity index (χ1n) is 5.92. The third-order valence-corrected chi connectivity index (χ3v) is 3.90. The zero-order chi connectivity index (χ0) is 11.5. The highest BCUT2D eigenvalue weighted by molar-refractivity contribution is 9.10. The van der Waals surface area contributed by atoms with Crippen LogP contribution in [-0.2, 0) is 6.42 Å². The van der Waals surface area contributed by atoms with Gasteiger partial charge < -0.3 is 9.80 Å². The second kappa shape index (κ2) is 5.19. The van der Waals surface area contributed by atoms with E-state index in [1.54, 1.807) is 0 Å². The van der Waals surface area contributed by atoms with Gasteiger partial charge in [-0.25, -0.2) is 0 Å². The summed E-state index contributed by atoms with van der Waals surface area (Å²) in [4.78, 5) is 4.84. The normalized spacial score (nSPS) is 17.8. The summed E-state index contributed by atoms with van der Waals surface area (Å²) < 4.78 is 1.23. The van der Waals surface area contributed by atoms with E-state index < -0.39 is 0 Å². The molecule has 1 aromatic rings. The average Bonchev–Trinajstić information content (AvgIpc) is 2.30. The van der Waals surface area contributed by atoms with Gasteiger partial charge in [0.2, 0.25) is 0 Å². The molecule has 0 spiro atoms. The molecule has 0 radical (unpaired) electrons. The number of hydrogen-bond donors (Lipinski definition) is 0. The Bertz CT molecular complexity index is 357. The van der Waals surface area contributed by atoms with E-state index in [1.807, 2.05) is 0 Å². The van der Waals surface area contributed by atoms with Crippen molar-refractivity contribution in [3.63, 3.8) is 0 Å². The van der Waals surface area contributed by atoms with Gasteiger partial charge in [-0.2, -0.15) is 0 Å². The quantitative estimate of drug-likeness (QED) is 0.823. The Balaban J connectivity index is 2.14. The predicted octanol–water partition coefficient (Wildman–Crippen LogP) is 2.76. The molecule has 1 saturated heterocycles. The lowest BCUT2D eigenvalue weighted by Crippen LogP contribution is -2.44. The van der Waals surface area contributed by atoms with Crippen molar-refractivity contribution >= 4 is 21.6 Å². The number of hydrogen-bond acceptors (Lipinski definition) is 2. The zero-order valence-corrected chi connectivity index (χ0v) is 11.6. The van der Waals surface area contributed by atoms with Crippen LogP contribution in [0.25, 0.3) is 0 Å². The second-order valence-corrected chi connectivity index (χ2v) is 5.28. The molecule has 3 heteroatoms. The topological polar surface area (TPSA) is 6.48 Å². The molecule has 0 atom stereocenters. The first-order valence-corrected chi connectivity index (χ1v) is 6.72. The Morgan fingerprint density at radius 3 is 2.44 bits per heavy atom. The summed E-state index contributed by atoms with van der Waals surface area (Å²) >= 11 is 3.68. The maximum Gasteiger partial charge on any atom is 0.0511 e. The zero-order valence-electron chi connectivity index (χ0n) is 10.0. The van der Waals surface area contributed by atoms with E-state index in [9.17, 15) is 0 Å². The van der Waals surface area contributed by atoms with E-state index in [1.165, 1.54) is 15.7 Å². The van der Waals surface area contributed by atoms with Crippen molar-refractivity contribution in [1.29, 1.82) is 0 Å². The summed E-state index contributed by atoms with van der Waals surface area (Å²) in [6, 6.07) is 6.72. The summed E-state index contributed by atoms with van der Waals surface area (Å²) in [5, 5.41) is 0. The molecule has 1 aromatic carbocycles. The van der Waals surface area contributed by atoms with Gasteiger partial charge >= 0.3 is 0 Å². The van der Waals surface area contributed by atoms with Crippen LogP contribution in [0.5, 0.6) is 0 Å². The van der Waals surface area contributed by atoms with E-state index in [0.717, 1.165) is 32.6 Å². The highest BCUT2D eigenvalue weighted by atomic mass is 79.9. The maximum atomic E-state index is 3.68. The minimum absolute atomic E-state index is 1.10. The summed E-state index contributed by atoms with van der Waals surface area (Å²) in [6.07, 6.45) is 1.10. The second-order valence-electron chi connectivity index (χ2n) is 4.43. The largest absolute Gasteiger partial charge is 0.368 e. The Morgan fingerprint density at radius 2 is 1.88 bits per heavy atom. The number of halogens is 1. The number of anilines is 1. The van der Waals surface area contributed by atoms with Gasteiger partial charge in [0, 0.05) is 30.7 Å². The van der Waals surface area contributed by atoms with Gasteiger partial charge in [-0.3, -0.25) is 0 Å². The van der Waals surface area contributed by atoms with Crippen molar-refractivity contribution < 1.29 is 0 Å². The molecule has 16 heavy (non-hydrogen) atoms. The molecule has 0 unspecified atom stereocenters. The molecule has 2 rings (SSSR count). The molecule has 1 heterocycles. The summed E-state index contributed by atoms with van der Waals surface area (Å²) in [7, 11) is 2.19. The summed E-state index contributed by atoms with van der Waals surface area (Å²) in [5.74, 6) is 0. The van der Waals surface area contributed by atoms with Gasteiger partial charge in [-0.1, -0.05) is 13.0 Å². The molecule has 0 N–H and O–H groups in total. The lowest BCUT2D eigenvalue weighted by atomic mass is 10.1. The lowest BCUT2D eigenvalue weighted by molar-refractivity contribution is 0.312. The van der Waals surface area contributed by atoms with Gasteiger partial charge in [0.05, 0.1) is 5.69 Å². The number of piperazine rings is 1.